The molecule has 1 aliphatic rings. The van der Waals surface area contributed by atoms with Gasteiger partial charge in [-0.3, -0.25) is 4.79 Å². The van der Waals surface area contributed by atoms with Gasteiger partial charge >= 0.3 is 5.97 Å². The predicted octanol–water partition coefficient (Wildman–Crippen LogP) is 0.802. The van der Waals surface area contributed by atoms with Crippen LogP contribution in [0.25, 0.3) is 0 Å². The van der Waals surface area contributed by atoms with Gasteiger partial charge in [-0.2, -0.15) is 0 Å². The van der Waals surface area contributed by atoms with Crippen molar-refractivity contribution >= 4 is 11.9 Å². The molecule has 1 aliphatic heterocycles. The van der Waals surface area contributed by atoms with Crippen LogP contribution < -0.4 is 0 Å². The van der Waals surface area contributed by atoms with Gasteiger partial charge in [0.1, 0.15) is 12.4 Å². The monoisotopic (exact) mass is 249 g/mol. The second kappa shape index (κ2) is 5.12. The molecule has 18 heavy (non-hydrogen) atoms. The molecule has 0 radical (unpaired) electrons. The van der Waals surface area contributed by atoms with Crippen LogP contribution >= 0.6 is 0 Å². The SMILES string of the molecule is CC1CCN(C(=O)c2cncnc2)C(C(=O)O)C1. The van der Waals surface area contributed by atoms with Crippen LogP contribution in [0.2, 0.25) is 0 Å². The quantitative estimate of drug-likeness (QED) is 0.838. The number of carbonyl (C=O) groups is 2. The molecule has 6 nitrogen and oxygen atoms in total. The number of carbonyl (C=O) groups excluding carboxylic acids is 1. The van der Waals surface area contributed by atoms with Crippen molar-refractivity contribution < 1.29 is 14.7 Å². The van der Waals surface area contributed by atoms with Crippen LogP contribution in [-0.2, 0) is 4.79 Å². The van der Waals surface area contributed by atoms with Crippen molar-refractivity contribution in [2.45, 2.75) is 25.8 Å². The fraction of sp³-hybridized carbons (Fsp3) is 0.500. The van der Waals surface area contributed by atoms with Crippen LogP contribution in [0.5, 0.6) is 0 Å². The molecular formula is C12H15N3O3. The molecule has 0 aliphatic carbocycles. The molecule has 2 atom stereocenters. The van der Waals surface area contributed by atoms with E-state index < -0.39 is 12.0 Å². The highest BCUT2D eigenvalue weighted by atomic mass is 16.4. The molecule has 1 aromatic heterocycles. The Bertz CT molecular complexity index is 449. The molecule has 1 amide bonds. The highest BCUT2D eigenvalue weighted by Crippen LogP contribution is 2.24. The van der Waals surface area contributed by atoms with Crippen molar-refractivity contribution in [2.75, 3.05) is 6.54 Å². The van der Waals surface area contributed by atoms with Crippen LogP contribution in [0.3, 0.4) is 0 Å². The molecular weight excluding hydrogens is 234 g/mol. The highest BCUT2D eigenvalue weighted by molar-refractivity contribution is 5.96. The summed E-state index contributed by atoms with van der Waals surface area (Å²) < 4.78 is 0. The summed E-state index contributed by atoms with van der Waals surface area (Å²) in [5.41, 5.74) is 0.332. The Balaban J connectivity index is 2.20. The number of piperidine rings is 1. The lowest BCUT2D eigenvalue weighted by Gasteiger charge is -2.35. The topological polar surface area (TPSA) is 83.4 Å². The summed E-state index contributed by atoms with van der Waals surface area (Å²) in [7, 11) is 0. The van der Waals surface area contributed by atoms with Gasteiger partial charge in [-0.1, -0.05) is 6.92 Å². The zero-order chi connectivity index (χ0) is 13.1. The van der Waals surface area contributed by atoms with Crippen LogP contribution in [0.15, 0.2) is 18.7 Å². The standard InChI is InChI=1S/C12H15N3O3/c1-8-2-3-15(10(4-8)12(17)18)11(16)9-5-13-7-14-6-9/h5-8,10H,2-4H2,1H3,(H,17,18). The zero-order valence-electron chi connectivity index (χ0n) is 10.1. The van der Waals surface area contributed by atoms with Crippen molar-refractivity contribution in [2.24, 2.45) is 5.92 Å². The Labute approximate surface area is 105 Å². The fourth-order valence-electron chi connectivity index (χ4n) is 2.19. The third-order valence-corrected chi connectivity index (χ3v) is 3.22. The fourth-order valence-corrected chi connectivity index (χ4v) is 2.19. The van der Waals surface area contributed by atoms with Crippen molar-refractivity contribution in [3.8, 4) is 0 Å². The second-order valence-electron chi connectivity index (χ2n) is 4.61. The molecule has 1 saturated heterocycles. The Morgan fingerprint density at radius 1 is 1.39 bits per heavy atom. The van der Waals surface area contributed by atoms with E-state index >= 15 is 0 Å². The number of likely N-dealkylation sites (tertiary alicyclic amines) is 1. The first-order chi connectivity index (χ1) is 8.59. The van der Waals surface area contributed by atoms with E-state index in [9.17, 15) is 14.7 Å². The maximum atomic E-state index is 12.2. The predicted molar refractivity (Wildman–Crippen MR) is 62.9 cm³/mol. The summed E-state index contributed by atoms with van der Waals surface area (Å²) in [6.07, 6.45) is 5.47. The van der Waals surface area contributed by atoms with Gasteiger partial charge in [-0.05, 0) is 18.8 Å². The summed E-state index contributed by atoms with van der Waals surface area (Å²) in [5.74, 6) is -0.941. The Morgan fingerprint density at radius 3 is 2.67 bits per heavy atom. The zero-order valence-corrected chi connectivity index (χ0v) is 10.1. The molecule has 2 rings (SSSR count). The molecule has 1 aromatic rings. The number of carboxylic acids is 1. The molecule has 0 saturated carbocycles. The molecule has 1 fully saturated rings. The summed E-state index contributed by atoms with van der Waals surface area (Å²) in [6.45, 7) is 2.47. The first-order valence-electron chi connectivity index (χ1n) is 5.88. The summed E-state index contributed by atoms with van der Waals surface area (Å²) >= 11 is 0. The first kappa shape index (κ1) is 12.5. The van der Waals surface area contributed by atoms with E-state index in [4.69, 9.17) is 0 Å². The number of hydrogen-bond acceptors (Lipinski definition) is 4. The average molecular weight is 249 g/mol. The van der Waals surface area contributed by atoms with Crippen molar-refractivity contribution in [1.82, 2.24) is 14.9 Å². The number of aromatic nitrogens is 2. The van der Waals surface area contributed by atoms with Crippen LogP contribution in [0, 0.1) is 5.92 Å². The van der Waals surface area contributed by atoms with E-state index in [1.807, 2.05) is 6.92 Å². The second-order valence-corrected chi connectivity index (χ2v) is 4.61. The molecule has 96 valence electrons. The summed E-state index contributed by atoms with van der Waals surface area (Å²) in [4.78, 5) is 32.4. The van der Waals surface area contributed by atoms with Gasteiger partial charge in [0.25, 0.3) is 5.91 Å². The molecule has 2 unspecified atom stereocenters. The van der Waals surface area contributed by atoms with Crippen molar-refractivity contribution in [3.05, 3.63) is 24.3 Å². The van der Waals surface area contributed by atoms with Gasteiger partial charge in [0.2, 0.25) is 0 Å². The van der Waals surface area contributed by atoms with E-state index in [1.54, 1.807) is 0 Å². The minimum atomic E-state index is -0.952. The van der Waals surface area contributed by atoms with Crippen molar-refractivity contribution in [1.29, 1.82) is 0 Å². The Hall–Kier alpha value is -1.98. The highest BCUT2D eigenvalue weighted by Gasteiger charge is 2.35. The van der Waals surface area contributed by atoms with Gasteiger partial charge < -0.3 is 10.0 Å². The number of aliphatic carboxylic acids is 1. The maximum Gasteiger partial charge on any atom is 0.326 e. The molecule has 2 heterocycles. The number of carboxylic acid groups (broad SMARTS) is 1. The van der Waals surface area contributed by atoms with Gasteiger partial charge in [0.05, 0.1) is 5.56 Å². The smallest absolute Gasteiger partial charge is 0.326 e. The largest absolute Gasteiger partial charge is 0.480 e. The number of amides is 1. The normalized spacial score (nSPS) is 23.7. The minimum Gasteiger partial charge on any atom is -0.480 e. The van der Waals surface area contributed by atoms with Gasteiger partial charge in [0, 0.05) is 18.9 Å². The lowest BCUT2D eigenvalue weighted by molar-refractivity contribution is -0.144. The summed E-state index contributed by atoms with van der Waals surface area (Å²) in [5, 5.41) is 9.20. The van der Waals surface area contributed by atoms with Crippen LogP contribution in [0.1, 0.15) is 30.1 Å². The molecule has 0 spiro atoms. The minimum absolute atomic E-state index is 0.310. The molecule has 1 N–H and O–H groups in total. The van der Waals surface area contributed by atoms with E-state index in [0.29, 0.717) is 24.4 Å². The summed E-state index contributed by atoms with van der Waals surface area (Å²) in [6, 6.07) is -0.749. The van der Waals surface area contributed by atoms with Gasteiger partial charge in [-0.25, -0.2) is 14.8 Å². The first-order valence-corrected chi connectivity index (χ1v) is 5.88. The number of hydrogen-bond donors (Lipinski definition) is 1. The Kier molecular flexibility index (Phi) is 3.55. The average Bonchev–Trinajstić information content (AvgIpc) is 2.39. The van der Waals surface area contributed by atoms with E-state index in [-0.39, 0.29) is 5.91 Å². The third kappa shape index (κ3) is 2.47. The van der Waals surface area contributed by atoms with E-state index in [0.717, 1.165) is 6.42 Å². The van der Waals surface area contributed by atoms with Gasteiger partial charge in [-0.15, -0.1) is 0 Å². The maximum absolute atomic E-state index is 12.2. The van der Waals surface area contributed by atoms with Crippen LogP contribution in [-0.4, -0.2) is 44.4 Å². The van der Waals surface area contributed by atoms with E-state index in [1.165, 1.54) is 23.6 Å². The lowest BCUT2D eigenvalue weighted by Crippen LogP contribution is -2.49. The van der Waals surface area contributed by atoms with Crippen molar-refractivity contribution in [3.63, 3.8) is 0 Å². The molecule has 0 aromatic carbocycles. The third-order valence-electron chi connectivity index (χ3n) is 3.22. The number of nitrogens with zero attached hydrogens (tertiary/aromatic N) is 3. The Morgan fingerprint density at radius 2 is 2.06 bits per heavy atom. The number of rotatable bonds is 2. The van der Waals surface area contributed by atoms with E-state index in [2.05, 4.69) is 9.97 Å². The molecule has 0 bridgehead atoms. The van der Waals surface area contributed by atoms with Gasteiger partial charge in [0.15, 0.2) is 0 Å². The lowest BCUT2D eigenvalue weighted by atomic mass is 9.92. The molecule has 6 heteroatoms. The van der Waals surface area contributed by atoms with Crippen LogP contribution in [0.4, 0.5) is 0 Å².